The van der Waals surface area contributed by atoms with Gasteiger partial charge in [-0.3, -0.25) is 9.69 Å². The number of fused-ring (bicyclic) bond motifs is 1. The maximum Gasteiger partial charge on any atom is 0.348 e. The number of amides is 3. The molecule has 0 bridgehead atoms. The van der Waals surface area contributed by atoms with Crippen molar-refractivity contribution < 1.29 is 18.8 Å². The summed E-state index contributed by atoms with van der Waals surface area (Å²) in [5.74, 6) is 0.437. The standard InChI is InChI=1S/C18H26N6O4/c1-12-14(13(2)28-21-12)10-23-8-9-24-15(11-27-18(24)20-17(23)26)16(25)19-6-5-7-22(3)4/h11H,5-10H2,1-4H3,(H,19,25). The van der Waals surface area contributed by atoms with E-state index in [1.54, 1.807) is 9.80 Å². The zero-order valence-corrected chi connectivity index (χ0v) is 16.7. The van der Waals surface area contributed by atoms with Crippen LogP contribution in [0.2, 0.25) is 0 Å². The molecule has 3 amide bonds. The minimum Gasteiger partial charge on any atom is -0.431 e. The summed E-state index contributed by atoms with van der Waals surface area (Å²) in [5, 5.41) is 6.80. The Balaban J connectivity index is 1.61. The van der Waals surface area contributed by atoms with Crippen molar-refractivity contribution >= 4 is 18.0 Å². The van der Waals surface area contributed by atoms with Crippen LogP contribution >= 0.6 is 0 Å². The number of aliphatic imine (C=N–C) groups is 1. The van der Waals surface area contributed by atoms with Crippen molar-refractivity contribution in [3.05, 3.63) is 29.0 Å². The predicted molar refractivity (Wildman–Crippen MR) is 101 cm³/mol. The fourth-order valence-corrected chi connectivity index (χ4v) is 3.04. The number of ether oxygens (including phenoxy) is 1. The summed E-state index contributed by atoms with van der Waals surface area (Å²) in [7, 11) is 3.97. The Kier molecular flexibility index (Phi) is 5.98. The third-order valence-corrected chi connectivity index (χ3v) is 4.68. The fourth-order valence-electron chi connectivity index (χ4n) is 3.04. The van der Waals surface area contributed by atoms with Gasteiger partial charge in [0, 0.05) is 25.2 Å². The lowest BCUT2D eigenvalue weighted by Crippen LogP contribution is -2.38. The maximum absolute atomic E-state index is 12.5. The summed E-state index contributed by atoms with van der Waals surface area (Å²) >= 11 is 0. The zero-order valence-electron chi connectivity index (χ0n) is 16.7. The van der Waals surface area contributed by atoms with Crippen LogP contribution in [0.3, 0.4) is 0 Å². The lowest BCUT2D eigenvalue weighted by Gasteiger charge is -2.21. The molecule has 1 aromatic heterocycles. The second kappa shape index (κ2) is 8.42. The third-order valence-electron chi connectivity index (χ3n) is 4.68. The van der Waals surface area contributed by atoms with Crippen molar-refractivity contribution in [3.8, 4) is 0 Å². The predicted octanol–water partition coefficient (Wildman–Crippen LogP) is 0.825. The molecule has 0 radical (unpaired) electrons. The van der Waals surface area contributed by atoms with E-state index in [0.29, 0.717) is 37.6 Å². The highest BCUT2D eigenvalue weighted by Crippen LogP contribution is 2.21. The van der Waals surface area contributed by atoms with E-state index in [0.717, 1.165) is 24.2 Å². The van der Waals surface area contributed by atoms with Gasteiger partial charge in [0.15, 0.2) is 0 Å². The molecule has 0 saturated heterocycles. The average Bonchev–Trinajstić information content (AvgIpc) is 3.14. The second-order valence-corrected chi connectivity index (χ2v) is 7.09. The van der Waals surface area contributed by atoms with Gasteiger partial charge in [-0.1, -0.05) is 5.16 Å². The number of carbonyl (C=O) groups is 2. The van der Waals surface area contributed by atoms with Crippen LogP contribution in [0.5, 0.6) is 0 Å². The van der Waals surface area contributed by atoms with Gasteiger partial charge in [-0.15, -0.1) is 4.99 Å². The molecule has 0 fully saturated rings. The lowest BCUT2D eigenvalue weighted by molar-refractivity contribution is -0.118. The quantitative estimate of drug-likeness (QED) is 0.688. The van der Waals surface area contributed by atoms with Gasteiger partial charge in [0.25, 0.3) is 5.91 Å². The van der Waals surface area contributed by atoms with Gasteiger partial charge in [-0.05, 0) is 40.9 Å². The molecule has 10 nitrogen and oxygen atoms in total. The van der Waals surface area contributed by atoms with Crippen molar-refractivity contribution in [1.29, 1.82) is 0 Å². The van der Waals surface area contributed by atoms with Gasteiger partial charge in [-0.2, -0.15) is 0 Å². The van der Waals surface area contributed by atoms with Crippen LogP contribution in [0.1, 0.15) is 23.4 Å². The summed E-state index contributed by atoms with van der Waals surface area (Å²) in [6.07, 6.45) is 2.19. The molecular weight excluding hydrogens is 364 g/mol. The molecule has 3 rings (SSSR count). The Morgan fingerprint density at radius 2 is 2.11 bits per heavy atom. The summed E-state index contributed by atoms with van der Waals surface area (Å²) in [5.41, 5.74) is 1.97. The van der Waals surface area contributed by atoms with Crippen molar-refractivity contribution in [1.82, 2.24) is 25.2 Å². The van der Waals surface area contributed by atoms with Crippen LogP contribution in [0, 0.1) is 13.8 Å². The number of amidine groups is 1. The van der Waals surface area contributed by atoms with Crippen LogP contribution in [0.25, 0.3) is 0 Å². The van der Waals surface area contributed by atoms with Gasteiger partial charge in [0.1, 0.15) is 17.7 Å². The van der Waals surface area contributed by atoms with E-state index in [-0.39, 0.29) is 11.9 Å². The molecule has 0 atom stereocenters. The minimum atomic E-state index is -0.418. The van der Waals surface area contributed by atoms with Crippen molar-refractivity contribution in [2.75, 3.05) is 40.3 Å². The zero-order chi connectivity index (χ0) is 20.3. The molecule has 1 N–H and O–H groups in total. The van der Waals surface area contributed by atoms with Gasteiger partial charge < -0.3 is 24.4 Å². The van der Waals surface area contributed by atoms with E-state index >= 15 is 0 Å². The first kappa shape index (κ1) is 19.9. The number of rotatable bonds is 7. The molecule has 28 heavy (non-hydrogen) atoms. The molecule has 10 heteroatoms. The van der Waals surface area contributed by atoms with Crippen LogP contribution in [0.15, 0.2) is 21.5 Å². The molecule has 3 heterocycles. The first-order valence-electron chi connectivity index (χ1n) is 9.23. The first-order valence-corrected chi connectivity index (χ1v) is 9.23. The Morgan fingerprint density at radius 3 is 2.79 bits per heavy atom. The molecule has 2 aliphatic rings. The minimum absolute atomic E-state index is 0.129. The first-order chi connectivity index (χ1) is 13.4. The largest absolute Gasteiger partial charge is 0.431 e. The Bertz CT molecular complexity index is 793. The molecule has 152 valence electrons. The van der Waals surface area contributed by atoms with Crippen LogP contribution < -0.4 is 5.32 Å². The van der Waals surface area contributed by atoms with E-state index in [9.17, 15) is 9.59 Å². The summed E-state index contributed by atoms with van der Waals surface area (Å²) < 4.78 is 10.5. The monoisotopic (exact) mass is 390 g/mol. The number of nitrogens with one attached hydrogen (secondary N) is 1. The number of hydrogen-bond acceptors (Lipinski definition) is 7. The van der Waals surface area contributed by atoms with Crippen LogP contribution in [-0.2, 0) is 16.1 Å². The lowest BCUT2D eigenvalue weighted by atomic mass is 10.2. The molecule has 0 aromatic carbocycles. The average molecular weight is 390 g/mol. The Labute approximate surface area is 163 Å². The number of carbonyl (C=O) groups excluding carboxylic acids is 2. The number of aryl methyl sites for hydroxylation is 2. The van der Waals surface area contributed by atoms with Gasteiger partial charge in [0.05, 0.1) is 12.2 Å². The molecule has 0 aliphatic carbocycles. The van der Waals surface area contributed by atoms with Gasteiger partial charge in [-0.25, -0.2) is 4.79 Å². The van der Waals surface area contributed by atoms with E-state index in [1.807, 2.05) is 27.9 Å². The van der Waals surface area contributed by atoms with Gasteiger partial charge >= 0.3 is 12.1 Å². The molecular formula is C18H26N6O4. The SMILES string of the molecule is Cc1noc(C)c1CN1CCN2C(C(=O)NCCCN(C)C)=COC2=NC1=O. The number of nitrogens with zero attached hydrogens (tertiary/aromatic N) is 5. The maximum atomic E-state index is 12.5. The topological polar surface area (TPSA) is 104 Å². The van der Waals surface area contributed by atoms with Gasteiger partial charge in [0.2, 0.25) is 0 Å². The highest BCUT2D eigenvalue weighted by molar-refractivity contribution is 6.01. The summed E-state index contributed by atoms with van der Waals surface area (Å²) in [6.45, 7) is 6.24. The number of hydrogen-bond donors (Lipinski definition) is 1. The summed E-state index contributed by atoms with van der Waals surface area (Å²) in [6, 6.07) is -0.289. The van der Waals surface area contributed by atoms with Crippen molar-refractivity contribution in [2.24, 2.45) is 4.99 Å². The van der Waals surface area contributed by atoms with E-state index < -0.39 is 6.03 Å². The van der Waals surface area contributed by atoms with Crippen LogP contribution in [0.4, 0.5) is 4.79 Å². The molecule has 0 saturated carbocycles. The molecule has 0 unspecified atom stereocenters. The van der Waals surface area contributed by atoms with E-state index in [4.69, 9.17) is 9.26 Å². The van der Waals surface area contributed by atoms with E-state index in [2.05, 4.69) is 20.4 Å². The normalized spacial score (nSPS) is 16.5. The highest BCUT2D eigenvalue weighted by atomic mass is 16.5. The second-order valence-electron chi connectivity index (χ2n) is 7.09. The van der Waals surface area contributed by atoms with Crippen molar-refractivity contribution in [3.63, 3.8) is 0 Å². The fraction of sp³-hybridized carbons (Fsp3) is 0.556. The smallest absolute Gasteiger partial charge is 0.348 e. The third kappa shape index (κ3) is 4.33. The number of urea groups is 1. The van der Waals surface area contributed by atoms with E-state index in [1.165, 1.54) is 6.26 Å². The molecule has 0 spiro atoms. The Hall–Kier alpha value is -2.88. The number of aromatic nitrogens is 1. The highest BCUT2D eigenvalue weighted by Gasteiger charge is 2.34. The van der Waals surface area contributed by atoms with Crippen molar-refractivity contribution in [2.45, 2.75) is 26.8 Å². The molecule has 1 aromatic rings. The summed E-state index contributed by atoms with van der Waals surface area (Å²) in [4.78, 5) is 34.3. The molecule has 2 aliphatic heterocycles. The Morgan fingerprint density at radius 1 is 1.32 bits per heavy atom. The van der Waals surface area contributed by atoms with Crippen LogP contribution in [-0.4, -0.2) is 78.1 Å².